The first-order chi connectivity index (χ1) is 6.85. The Morgan fingerprint density at radius 2 is 1.93 bits per heavy atom. The lowest BCUT2D eigenvalue weighted by atomic mass is 9.92. The van der Waals surface area contributed by atoms with Crippen LogP contribution in [0.4, 0.5) is 0 Å². The molecule has 0 aromatic rings. The number of hydrogen-bond acceptors (Lipinski definition) is 3. The van der Waals surface area contributed by atoms with Gasteiger partial charge in [-0.3, -0.25) is 0 Å². The van der Waals surface area contributed by atoms with Crippen LogP contribution in [0.25, 0.3) is 0 Å². The number of morpholine rings is 1. The van der Waals surface area contributed by atoms with Crippen LogP contribution in [-0.4, -0.2) is 24.8 Å². The van der Waals surface area contributed by atoms with E-state index in [1.54, 1.807) is 0 Å². The van der Waals surface area contributed by atoms with E-state index in [9.17, 15) is 0 Å². The first-order valence-corrected chi connectivity index (χ1v) is 5.63. The van der Waals surface area contributed by atoms with Gasteiger partial charge in [-0.25, -0.2) is 0 Å². The molecule has 2 fully saturated rings. The summed E-state index contributed by atoms with van der Waals surface area (Å²) in [7, 11) is 0. The maximum absolute atomic E-state index is 8.86. The maximum Gasteiger partial charge on any atom is 0.157 e. The molecule has 1 spiro atoms. The molecule has 0 aromatic carbocycles. The third-order valence-electron chi connectivity index (χ3n) is 3.33. The van der Waals surface area contributed by atoms with Gasteiger partial charge in [-0.05, 0) is 12.8 Å². The number of nitrogens with zero attached hydrogens (tertiary/aromatic N) is 1. The van der Waals surface area contributed by atoms with E-state index in [2.05, 4.69) is 11.4 Å². The highest BCUT2D eigenvalue weighted by atomic mass is 16.5. The zero-order chi connectivity index (χ0) is 9.86. The van der Waals surface area contributed by atoms with Gasteiger partial charge < -0.3 is 10.1 Å². The minimum Gasteiger partial charge on any atom is -0.354 e. The minimum absolute atomic E-state index is 0.0187. The summed E-state index contributed by atoms with van der Waals surface area (Å²) >= 11 is 0. The molecule has 1 atom stereocenters. The van der Waals surface area contributed by atoms with E-state index >= 15 is 0 Å². The Morgan fingerprint density at radius 3 is 2.57 bits per heavy atom. The van der Waals surface area contributed by atoms with Gasteiger partial charge in [0.05, 0.1) is 11.7 Å². The second-order valence-corrected chi connectivity index (χ2v) is 4.46. The zero-order valence-corrected chi connectivity index (χ0v) is 8.59. The van der Waals surface area contributed by atoms with E-state index in [4.69, 9.17) is 10.00 Å². The van der Waals surface area contributed by atoms with Crippen molar-refractivity contribution in [2.24, 2.45) is 0 Å². The summed E-state index contributed by atoms with van der Waals surface area (Å²) in [6.45, 7) is 1.63. The molecule has 0 aromatic heterocycles. The molecule has 0 bridgehead atoms. The van der Waals surface area contributed by atoms with Gasteiger partial charge >= 0.3 is 0 Å². The number of rotatable bonds is 0. The van der Waals surface area contributed by atoms with Crippen molar-refractivity contribution in [1.82, 2.24) is 5.32 Å². The fourth-order valence-electron chi connectivity index (χ4n) is 2.56. The van der Waals surface area contributed by atoms with Crippen molar-refractivity contribution in [2.45, 2.75) is 50.2 Å². The van der Waals surface area contributed by atoms with Crippen molar-refractivity contribution in [1.29, 1.82) is 5.26 Å². The van der Waals surface area contributed by atoms with Crippen molar-refractivity contribution in [2.75, 3.05) is 13.1 Å². The molecule has 1 unspecified atom stereocenters. The molecule has 1 aliphatic carbocycles. The topological polar surface area (TPSA) is 45.0 Å². The molecular weight excluding hydrogens is 176 g/mol. The molecule has 1 saturated carbocycles. The van der Waals surface area contributed by atoms with E-state index in [0.29, 0.717) is 6.54 Å². The van der Waals surface area contributed by atoms with E-state index < -0.39 is 0 Å². The van der Waals surface area contributed by atoms with Gasteiger partial charge in [0.15, 0.2) is 6.10 Å². The van der Waals surface area contributed by atoms with Crippen molar-refractivity contribution in [3.05, 3.63) is 0 Å². The largest absolute Gasteiger partial charge is 0.354 e. The van der Waals surface area contributed by atoms with Crippen LogP contribution in [0.5, 0.6) is 0 Å². The molecule has 78 valence electrons. The first kappa shape index (κ1) is 9.95. The molecule has 0 amide bonds. The van der Waals surface area contributed by atoms with Gasteiger partial charge in [0, 0.05) is 13.1 Å². The van der Waals surface area contributed by atoms with E-state index in [-0.39, 0.29) is 11.7 Å². The number of nitrogens with one attached hydrogen (secondary N) is 1. The summed E-state index contributed by atoms with van der Waals surface area (Å²) < 4.78 is 5.92. The Bertz CT molecular complexity index is 226. The van der Waals surface area contributed by atoms with Crippen LogP contribution in [0.3, 0.4) is 0 Å². The minimum atomic E-state index is -0.234. The lowest BCUT2D eigenvalue weighted by molar-refractivity contribution is -0.103. The maximum atomic E-state index is 8.86. The smallest absolute Gasteiger partial charge is 0.157 e. The van der Waals surface area contributed by atoms with Crippen LogP contribution in [0.1, 0.15) is 38.5 Å². The van der Waals surface area contributed by atoms with Crippen LogP contribution in [0, 0.1) is 11.3 Å². The molecule has 2 rings (SSSR count). The van der Waals surface area contributed by atoms with E-state index in [1.165, 1.54) is 25.7 Å². The van der Waals surface area contributed by atoms with Crippen molar-refractivity contribution in [3.8, 4) is 6.07 Å². The average molecular weight is 194 g/mol. The van der Waals surface area contributed by atoms with Crippen LogP contribution in [-0.2, 0) is 4.74 Å². The summed E-state index contributed by atoms with van der Waals surface area (Å²) in [6, 6.07) is 2.21. The lowest BCUT2D eigenvalue weighted by Crippen LogP contribution is -2.53. The van der Waals surface area contributed by atoms with Crippen LogP contribution < -0.4 is 5.32 Å². The van der Waals surface area contributed by atoms with E-state index in [1.807, 2.05) is 0 Å². The van der Waals surface area contributed by atoms with Crippen LogP contribution >= 0.6 is 0 Å². The summed E-state index contributed by atoms with van der Waals surface area (Å²) in [5.41, 5.74) is -0.0187. The van der Waals surface area contributed by atoms with Crippen molar-refractivity contribution in [3.63, 3.8) is 0 Å². The summed E-state index contributed by atoms with van der Waals surface area (Å²) in [4.78, 5) is 0. The van der Waals surface area contributed by atoms with Crippen LogP contribution in [0.2, 0.25) is 0 Å². The molecule has 3 heteroatoms. The summed E-state index contributed by atoms with van der Waals surface area (Å²) in [5.74, 6) is 0. The lowest BCUT2D eigenvalue weighted by Gasteiger charge is -2.39. The highest BCUT2D eigenvalue weighted by Crippen LogP contribution is 2.32. The predicted molar refractivity (Wildman–Crippen MR) is 53.8 cm³/mol. The predicted octanol–water partition coefficient (Wildman–Crippen LogP) is 1.59. The first-order valence-electron chi connectivity index (χ1n) is 5.63. The zero-order valence-electron chi connectivity index (χ0n) is 8.59. The Labute approximate surface area is 85.4 Å². The monoisotopic (exact) mass is 194 g/mol. The Morgan fingerprint density at radius 1 is 1.21 bits per heavy atom. The molecule has 1 saturated heterocycles. The van der Waals surface area contributed by atoms with Crippen molar-refractivity contribution < 1.29 is 4.74 Å². The third-order valence-corrected chi connectivity index (χ3v) is 3.33. The molecule has 1 N–H and O–H groups in total. The molecule has 1 heterocycles. The summed E-state index contributed by atoms with van der Waals surface area (Å²) in [5, 5.41) is 12.2. The van der Waals surface area contributed by atoms with Crippen molar-refractivity contribution >= 4 is 0 Å². The Hall–Kier alpha value is -0.590. The van der Waals surface area contributed by atoms with Gasteiger partial charge in [-0.2, -0.15) is 5.26 Å². The SMILES string of the molecule is N#CC1CNCC2(CCCCCC2)O1. The molecular formula is C11H18N2O. The van der Waals surface area contributed by atoms with Gasteiger partial charge in [-0.15, -0.1) is 0 Å². The number of nitriles is 1. The Balaban J connectivity index is 2.01. The second kappa shape index (κ2) is 4.29. The van der Waals surface area contributed by atoms with Gasteiger partial charge in [0.2, 0.25) is 0 Å². The molecule has 14 heavy (non-hydrogen) atoms. The average Bonchev–Trinajstić information content (AvgIpc) is 2.44. The Kier molecular flexibility index (Phi) is 3.05. The number of ether oxygens (including phenoxy) is 1. The molecule has 1 aliphatic heterocycles. The number of hydrogen-bond donors (Lipinski definition) is 1. The van der Waals surface area contributed by atoms with Gasteiger partial charge in [-0.1, -0.05) is 25.7 Å². The highest BCUT2D eigenvalue weighted by molar-refractivity contribution is 4.97. The molecule has 2 aliphatic rings. The van der Waals surface area contributed by atoms with Crippen LogP contribution in [0.15, 0.2) is 0 Å². The molecule has 0 radical (unpaired) electrons. The fraction of sp³-hybridized carbons (Fsp3) is 0.909. The quantitative estimate of drug-likeness (QED) is 0.637. The highest BCUT2D eigenvalue weighted by Gasteiger charge is 2.37. The second-order valence-electron chi connectivity index (χ2n) is 4.46. The van der Waals surface area contributed by atoms with Gasteiger partial charge in [0.25, 0.3) is 0 Å². The summed E-state index contributed by atoms with van der Waals surface area (Å²) in [6.07, 6.45) is 7.16. The molecule has 3 nitrogen and oxygen atoms in total. The standard InChI is InChI=1S/C11H18N2O/c12-7-10-8-13-9-11(14-10)5-3-1-2-4-6-11/h10,13H,1-6,8-9H2. The fourth-order valence-corrected chi connectivity index (χ4v) is 2.56. The van der Waals surface area contributed by atoms with E-state index in [0.717, 1.165) is 19.4 Å². The normalized spacial score (nSPS) is 32.1. The third kappa shape index (κ3) is 2.08. The van der Waals surface area contributed by atoms with Gasteiger partial charge in [0.1, 0.15) is 0 Å².